The minimum Gasteiger partial charge on any atom is -0.355 e. The maximum Gasteiger partial charge on any atom is 0.251 e. The van der Waals surface area contributed by atoms with Gasteiger partial charge in [-0.25, -0.2) is 9.97 Å². The zero-order valence-corrected chi connectivity index (χ0v) is 16.6. The topological polar surface area (TPSA) is 66.8 Å². The second-order valence-electron chi connectivity index (χ2n) is 8.45. The van der Waals surface area contributed by atoms with E-state index in [0.717, 1.165) is 48.5 Å². The lowest BCUT2D eigenvalue weighted by Crippen LogP contribution is -2.50. The van der Waals surface area contributed by atoms with Gasteiger partial charge in [0.2, 0.25) is 0 Å². The summed E-state index contributed by atoms with van der Waals surface area (Å²) >= 11 is 0. The van der Waals surface area contributed by atoms with Crippen LogP contribution in [0.3, 0.4) is 0 Å². The summed E-state index contributed by atoms with van der Waals surface area (Å²) in [6.07, 6.45) is 5.53. The van der Waals surface area contributed by atoms with E-state index in [9.17, 15) is 4.79 Å². The summed E-state index contributed by atoms with van der Waals surface area (Å²) in [6.45, 7) is 1.77. The molecule has 0 spiro atoms. The Morgan fingerprint density at radius 2 is 1.90 bits per heavy atom. The molecule has 30 heavy (non-hydrogen) atoms. The first-order chi connectivity index (χ1) is 14.8. The van der Waals surface area contributed by atoms with Crippen LogP contribution in [0.25, 0.3) is 11.0 Å². The molecule has 0 aliphatic carbocycles. The van der Waals surface area contributed by atoms with E-state index in [1.807, 2.05) is 18.3 Å². The van der Waals surface area contributed by atoms with Crippen LogP contribution < -0.4 is 10.5 Å². The van der Waals surface area contributed by atoms with E-state index < -0.39 is 0 Å². The van der Waals surface area contributed by atoms with Crippen molar-refractivity contribution in [1.82, 2.24) is 19.5 Å². The molecule has 5 heterocycles. The lowest BCUT2D eigenvalue weighted by molar-refractivity contribution is 0.211. The molecule has 1 fully saturated rings. The molecule has 6 nitrogen and oxygen atoms in total. The van der Waals surface area contributed by atoms with Crippen LogP contribution in [-0.4, -0.2) is 32.6 Å². The van der Waals surface area contributed by atoms with Gasteiger partial charge in [-0.1, -0.05) is 36.4 Å². The number of H-pyrrole nitrogens is 1. The van der Waals surface area contributed by atoms with Crippen LogP contribution in [0.1, 0.15) is 29.6 Å². The van der Waals surface area contributed by atoms with Gasteiger partial charge < -0.3 is 14.5 Å². The minimum atomic E-state index is 0.117. The fraction of sp³-hybridized carbons (Fsp3) is 0.292. The van der Waals surface area contributed by atoms with Gasteiger partial charge in [-0.2, -0.15) is 0 Å². The lowest BCUT2D eigenvalue weighted by atomic mass is 9.76. The number of piperidine rings is 1. The minimum absolute atomic E-state index is 0.117. The molecule has 0 radical (unpaired) electrons. The number of nitrogens with zero attached hydrogens (tertiary/aromatic N) is 4. The average molecular weight is 397 g/mol. The average Bonchev–Trinajstić information content (AvgIpc) is 3.26. The molecule has 4 aromatic rings. The predicted molar refractivity (Wildman–Crippen MR) is 117 cm³/mol. The zero-order chi connectivity index (χ0) is 20.1. The third kappa shape index (κ3) is 2.75. The molecule has 2 aliphatic rings. The maximum atomic E-state index is 12.9. The van der Waals surface area contributed by atoms with Crippen molar-refractivity contribution in [3.8, 4) is 0 Å². The molecule has 2 aliphatic heterocycles. The SMILES string of the molecule is O=c1cccc2n1[C@@H](Cc1ccccc1)[C@H]1C[C@@H]2CN(c2ncnc3[nH]ccc23)C1. The molecular formula is C24H23N5O. The number of hydrogen-bond acceptors (Lipinski definition) is 4. The summed E-state index contributed by atoms with van der Waals surface area (Å²) in [5, 5.41) is 1.06. The van der Waals surface area contributed by atoms with Crippen molar-refractivity contribution in [3.05, 3.63) is 88.7 Å². The van der Waals surface area contributed by atoms with Crippen LogP contribution >= 0.6 is 0 Å². The third-order valence-electron chi connectivity index (χ3n) is 6.72. The van der Waals surface area contributed by atoms with Crippen molar-refractivity contribution in [2.24, 2.45) is 5.92 Å². The number of aromatic amines is 1. The Labute approximate surface area is 174 Å². The summed E-state index contributed by atoms with van der Waals surface area (Å²) < 4.78 is 2.08. The standard InChI is InChI=1S/C24H23N5O/c30-22-8-4-7-20-17-12-18(21(29(20)22)11-16-5-2-1-3-6-16)14-28(13-17)24-19-9-10-25-23(19)26-15-27-24/h1-10,15,17-18,21H,11-14H2,(H,25,26,27)/t17-,18+,21+/m1/s1. The Hall–Kier alpha value is -3.41. The number of fused-ring (bicyclic) bond motifs is 5. The number of anilines is 1. The predicted octanol–water partition coefficient (Wildman–Crippen LogP) is 3.53. The molecule has 6 heteroatoms. The van der Waals surface area contributed by atoms with E-state index in [4.69, 9.17) is 0 Å². The summed E-state index contributed by atoms with van der Waals surface area (Å²) in [4.78, 5) is 27.5. The van der Waals surface area contributed by atoms with Crippen LogP contribution in [-0.2, 0) is 6.42 Å². The summed E-state index contributed by atoms with van der Waals surface area (Å²) in [7, 11) is 0. The first kappa shape index (κ1) is 17.4. The molecule has 1 N–H and O–H groups in total. The lowest BCUT2D eigenvalue weighted by Gasteiger charge is -2.47. The highest BCUT2D eigenvalue weighted by Crippen LogP contribution is 2.43. The molecule has 1 aromatic carbocycles. The van der Waals surface area contributed by atoms with E-state index in [1.165, 1.54) is 5.56 Å². The van der Waals surface area contributed by atoms with Crippen molar-refractivity contribution in [2.75, 3.05) is 18.0 Å². The molecule has 150 valence electrons. The van der Waals surface area contributed by atoms with Crippen molar-refractivity contribution >= 4 is 16.9 Å². The second kappa shape index (κ2) is 6.83. The molecule has 1 saturated heterocycles. The van der Waals surface area contributed by atoms with Gasteiger partial charge in [0.25, 0.3) is 5.56 Å². The van der Waals surface area contributed by atoms with Crippen molar-refractivity contribution < 1.29 is 0 Å². The quantitative estimate of drug-likeness (QED) is 0.574. The molecular weight excluding hydrogens is 374 g/mol. The third-order valence-corrected chi connectivity index (χ3v) is 6.72. The van der Waals surface area contributed by atoms with Crippen molar-refractivity contribution in [2.45, 2.75) is 24.8 Å². The van der Waals surface area contributed by atoms with Crippen LogP contribution in [0.5, 0.6) is 0 Å². The van der Waals surface area contributed by atoms with Crippen LogP contribution in [0.2, 0.25) is 0 Å². The van der Waals surface area contributed by atoms with E-state index in [-0.39, 0.29) is 11.6 Å². The molecule has 2 bridgehead atoms. The number of pyridine rings is 1. The Morgan fingerprint density at radius 3 is 2.80 bits per heavy atom. The molecule has 6 rings (SSSR count). The Kier molecular flexibility index (Phi) is 3.97. The highest BCUT2D eigenvalue weighted by Gasteiger charge is 2.41. The number of aromatic nitrogens is 4. The van der Waals surface area contributed by atoms with Gasteiger partial charge >= 0.3 is 0 Å². The highest BCUT2D eigenvalue weighted by atomic mass is 16.1. The van der Waals surface area contributed by atoms with Gasteiger partial charge in [-0.15, -0.1) is 0 Å². The molecule has 0 saturated carbocycles. The number of hydrogen-bond donors (Lipinski definition) is 1. The monoisotopic (exact) mass is 397 g/mol. The Morgan fingerprint density at radius 1 is 1.00 bits per heavy atom. The Balaban J connectivity index is 1.44. The van der Waals surface area contributed by atoms with Gasteiger partial charge in [0.05, 0.1) is 5.39 Å². The van der Waals surface area contributed by atoms with E-state index in [0.29, 0.717) is 11.8 Å². The second-order valence-corrected chi connectivity index (χ2v) is 8.45. The van der Waals surface area contributed by atoms with Gasteiger partial charge in [-0.3, -0.25) is 4.79 Å². The first-order valence-corrected chi connectivity index (χ1v) is 10.6. The normalized spacial score (nSPS) is 22.8. The smallest absolute Gasteiger partial charge is 0.251 e. The first-order valence-electron chi connectivity index (χ1n) is 10.6. The van der Waals surface area contributed by atoms with E-state index in [1.54, 1.807) is 12.4 Å². The van der Waals surface area contributed by atoms with Gasteiger partial charge in [0.1, 0.15) is 17.8 Å². The molecule has 0 unspecified atom stereocenters. The van der Waals surface area contributed by atoms with Gasteiger partial charge in [0, 0.05) is 43.0 Å². The summed E-state index contributed by atoms with van der Waals surface area (Å²) in [5.74, 6) is 1.70. The van der Waals surface area contributed by atoms with Crippen LogP contribution in [0.4, 0.5) is 5.82 Å². The largest absolute Gasteiger partial charge is 0.355 e. The fourth-order valence-corrected chi connectivity index (χ4v) is 5.44. The molecule has 3 aromatic heterocycles. The van der Waals surface area contributed by atoms with E-state index >= 15 is 0 Å². The van der Waals surface area contributed by atoms with Crippen molar-refractivity contribution in [1.29, 1.82) is 0 Å². The fourth-order valence-electron chi connectivity index (χ4n) is 5.44. The van der Waals surface area contributed by atoms with Crippen LogP contribution in [0.15, 0.2) is 71.9 Å². The van der Waals surface area contributed by atoms with Crippen molar-refractivity contribution in [3.63, 3.8) is 0 Å². The molecule has 0 amide bonds. The Bertz CT molecular complexity index is 1260. The maximum absolute atomic E-state index is 12.9. The number of nitrogens with one attached hydrogen (secondary N) is 1. The van der Waals surface area contributed by atoms with Gasteiger partial charge in [-0.05, 0) is 36.5 Å². The highest BCUT2D eigenvalue weighted by molar-refractivity contribution is 5.87. The summed E-state index contributed by atoms with van der Waals surface area (Å²) in [5.41, 5.74) is 3.42. The van der Waals surface area contributed by atoms with Crippen LogP contribution in [0, 0.1) is 5.92 Å². The summed E-state index contributed by atoms with van der Waals surface area (Å²) in [6, 6.07) is 18.5. The zero-order valence-electron chi connectivity index (χ0n) is 16.6. The van der Waals surface area contributed by atoms with E-state index in [2.05, 4.69) is 60.8 Å². The molecule has 3 atom stereocenters. The number of benzene rings is 1. The number of rotatable bonds is 3. The van der Waals surface area contributed by atoms with Gasteiger partial charge in [0.15, 0.2) is 0 Å².